The molecule has 0 aliphatic carbocycles. The summed E-state index contributed by atoms with van der Waals surface area (Å²) in [5.74, 6) is 1.12. The first-order valence-corrected chi connectivity index (χ1v) is 12.4. The Morgan fingerprint density at radius 3 is 1.27 bits per heavy atom. The molecule has 2 aromatic heterocycles. The van der Waals surface area contributed by atoms with E-state index in [0.29, 0.717) is 11.8 Å². The molecule has 0 amide bonds. The molecular weight excluding hydrogens is 400 g/mol. The molecule has 0 N–H and O–H groups in total. The molecule has 0 saturated carbocycles. The summed E-state index contributed by atoms with van der Waals surface area (Å²) in [5, 5.41) is 8.40. The Labute approximate surface area is 184 Å². The summed E-state index contributed by atoms with van der Waals surface area (Å²) in [6, 6.07) is 23.5. The van der Waals surface area contributed by atoms with Crippen LogP contribution in [0.25, 0.3) is 51.1 Å². The SMILES string of the molecule is CC(C)c1ccc2c(c1)sc1ccc3c(ccc4sc5cc(C(C)C)ccc5c43)c12. The van der Waals surface area contributed by atoms with Gasteiger partial charge in [-0.15, -0.1) is 22.7 Å². The summed E-state index contributed by atoms with van der Waals surface area (Å²) < 4.78 is 5.58. The Kier molecular flexibility index (Phi) is 4.00. The second-order valence-electron chi connectivity index (χ2n) is 9.00. The molecule has 2 heterocycles. The molecule has 148 valence electrons. The summed E-state index contributed by atoms with van der Waals surface area (Å²) in [7, 11) is 0. The average molecular weight is 425 g/mol. The largest absolute Gasteiger partial charge is 0.135 e. The topological polar surface area (TPSA) is 0 Å². The summed E-state index contributed by atoms with van der Waals surface area (Å²) >= 11 is 3.85. The molecule has 0 nitrogen and oxygen atoms in total. The van der Waals surface area contributed by atoms with Crippen molar-refractivity contribution in [2.75, 3.05) is 0 Å². The fourth-order valence-corrected chi connectivity index (χ4v) is 7.05. The molecule has 0 aliphatic rings. The van der Waals surface area contributed by atoms with Crippen LogP contribution in [0.1, 0.15) is 50.7 Å². The van der Waals surface area contributed by atoms with Crippen LogP contribution in [0, 0.1) is 0 Å². The van der Waals surface area contributed by atoms with Crippen LogP contribution in [-0.4, -0.2) is 0 Å². The second kappa shape index (κ2) is 6.54. The Bertz CT molecular complexity index is 1470. The van der Waals surface area contributed by atoms with Crippen LogP contribution >= 0.6 is 22.7 Å². The molecule has 0 unspecified atom stereocenters. The third-order valence-electron chi connectivity index (χ3n) is 6.45. The van der Waals surface area contributed by atoms with Crippen molar-refractivity contribution in [1.29, 1.82) is 0 Å². The fourth-order valence-electron chi connectivity index (χ4n) is 4.71. The third-order valence-corrected chi connectivity index (χ3v) is 8.68. The zero-order chi connectivity index (χ0) is 20.6. The minimum atomic E-state index is 0.559. The second-order valence-corrected chi connectivity index (χ2v) is 11.2. The number of rotatable bonds is 2. The first kappa shape index (κ1) is 18.4. The minimum Gasteiger partial charge on any atom is -0.135 e. The van der Waals surface area contributed by atoms with E-state index in [1.165, 1.54) is 62.2 Å². The van der Waals surface area contributed by atoms with Gasteiger partial charge in [0.1, 0.15) is 0 Å². The summed E-state index contributed by atoms with van der Waals surface area (Å²) in [6.45, 7) is 9.08. The van der Waals surface area contributed by atoms with Crippen LogP contribution in [0.2, 0.25) is 0 Å². The van der Waals surface area contributed by atoms with E-state index in [2.05, 4.69) is 88.4 Å². The molecule has 30 heavy (non-hydrogen) atoms. The van der Waals surface area contributed by atoms with Crippen molar-refractivity contribution in [3.05, 3.63) is 71.8 Å². The maximum absolute atomic E-state index is 2.39. The lowest BCUT2D eigenvalue weighted by Crippen LogP contribution is -1.85. The monoisotopic (exact) mass is 424 g/mol. The van der Waals surface area contributed by atoms with Crippen LogP contribution in [0.15, 0.2) is 60.7 Å². The highest BCUT2D eigenvalue weighted by Gasteiger charge is 2.15. The number of hydrogen-bond acceptors (Lipinski definition) is 2. The first-order valence-electron chi connectivity index (χ1n) is 10.8. The predicted octanol–water partition coefficient (Wildman–Crippen LogP) is 9.82. The van der Waals surface area contributed by atoms with Crippen LogP contribution in [0.4, 0.5) is 0 Å². The van der Waals surface area contributed by atoms with Crippen LogP contribution in [-0.2, 0) is 0 Å². The van der Waals surface area contributed by atoms with E-state index in [-0.39, 0.29) is 0 Å². The lowest BCUT2D eigenvalue weighted by Gasteiger charge is -2.06. The molecule has 0 fully saturated rings. The standard InChI is InChI=1S/C28H24S2/c1-15(2)17-5-7-21-25(13-17)29-23-11-9-20-19(27(21)23)10-12-24-28(20)22-8-6-18(16(3)4)14-26(22)30-24/h5-16H,1-4H3. The normalized spacial score (nSPS) is 12.6. The smallest absolute Gasteiger partial charge is 0.0361 e. The van der Waals surface area contributed by atoms with E-state index < -0.39 is 0 Å². The molecule has 4 aromatic carbocycles. The molecule has 0 spiro atoms. The molecule has 6 aromatic rings. The molecule has 0 bridgehead atoms. The summed E-state index contributed by atoms with van der Waals surface area (Å²) in [5.41, 5.74) is 2.84. The van der Waals surface area contributed by atoms with Crippen molar-refractivity contribution in [1.82, 2.24) is 0 Å². The highest BCUT2D eigenvalue weighted by atomic mass is 32.1. The Morgan fingerprint density at radius 2 is 0.867 bits per heavy atom. The molecule has 0 saturated heterocycles. The van der Waals surface area contributed by atoms with Gasteiger partial charge in [-0.25, -0.2) is 0 Å². The molecule has 6 rings (SSSR count). The van der Waals surface area contributed by atoms with Gasteiger partial charge in [-0.2, -0.15) is 0 Å². The molecule has 0 atom stereocenters. The van der Waals surface area contributed by atoms with Crippen molar-refractivity contribution < 1.29 is 0 Å². The van der Waals surface area contributed by atoms with Gasteiger partial charge in [0.05, 0.1) is 0 Å². The van der Waals surface area contributed by atoms with Gasteiger partial charge in [-0.3, -0.25) is 0 Å². The van der Waals surface area contributed by atoms with Gasteiger partial charge < -0.3 is 0 Å². The maximum atomic E-state index is 2.39. The van der Waals surface area contributed by atoms with Crippen LogP contribution < -0.4 is 0 Å². The van der Waals surface area contributed by atoms with Crippen LogP contribution in [0.3, 0.4) is 0 Å². The van der Waals surface area contributed by atoms with Crippen molar-refractivity contribution in [2.24, 2.45) is 0 Å². The van der Waals surface area contributed by atoms with E-state index >= 15 is 0 Å². The van der Waals surface area contributed by atoms with Gasteiger partial charge in [0.15, 0.2) is 0 Å². The van der Waals surface area contributed by atoms with E-state index in [0.717, 1.165) is 0 Å². The van der Waals surface area contributed by atoms with Gasteiger partial charge in [0.2, 0.25) is 0 Å². The quantitative estimate of drug-likeness (QED) is 0.259. The van der Waals surface area contributed by atoms with Crippen molar-refractivity contribution in [3.63, 3.8) is 0 Å². The summed E-state index contributed by atoms with van der Waals surface area (Å²) in [6.07, 6.45) is 0. The minimum absolute atomic E-state index is 0.559. The van der Waals surface area contributed by atoms with Gasteiger partial charge in [-0.05, 0) is 58.0 Å². The van der Waals surface area contributed by atoms with Crippen molar-refractivity contribution in [2.45, 2.75) is 39.5 Å². The predicted molar refractivity (Wildman–Crippen MR) is 138 cm³/mol. The number of benzene rings is 4. The van der Waals surface area contributed by atoms with E-state index in [4.69, 9.17) is 0 Å². The average Bonchev–Trinajstić information content (AvgIpc) is 3.30. The molecular formula is C28H24S2. The van der Waals surface area contributed by atoms with Crippen molar-refractivity contribution in [3.8, 4) is 0 Å². The molecule has 0 aliphatic heterocycles. The Morgan fingerprint density at radius 1 is 0.467 bits per heavy atom. The number of hydrogen-bond donors (Lipinski definition) is 0. The van der Waals surface area contributed by atoms with Gasteiger partial charge >= 0.3 is 0 Å². The van der Waals surface area contributed by atoms with Gasteiger partial charge in [-0.1, -0.05) is 64.1 Å². The highest BCUT2D eigenvalue weighted by molar-refractivity contribution is 7.26. The Balaban J connectivity index is 1.72. The maximum Gasteiger partial charge on any atom is 0.0361 e. The summed E-state index contributed by atoms with van der Waals surface area (Å²) in [4.78, 5) is 0. The van der Waals surface area contributed by atoms with Crippen molar-refractivity contribution >= 4 is 73.8 Å². The molecule has 0 radical (unpaired) electrons. The zero-order valence-electron chi connectivity index (χ0n) is 17.7. The lowest BCUT2D eigenvalue weighted by atomic mass is 9.97. The highest BCUT2D eigenvalue weighted by Crippen LogP contribution is 2.44. The van der Waals surface area contributed by atoms with E-state index in [9.17, 15) is 0 Å². The lowest BCUT2D eigenvalue weighted by molar-refractivity contribution is 0.869. The van der Waals surface area contributed by atoms with E-state index in [1.807, 2.05) is 22.7 Å². The zero-order valence-corrected chi connectivity index (χ0v) is 19.4. The Hall–Kier alpha value is -2.42. The van der Waals surface area contributed by atoms with E-state index in [1.54, 1.807) is 0 Å². The third kappa shape index (κ3) is 2.57. The van der Waals surface area contributed by atoms with Gasteiger partial charge in [0, 0.05) is 40.3 Å². The van der Waals surface area contributed by atoms with Crippen LogP contribution in [0.5, 0.6) is 0 Å². The number of fused-ring (bicyclic) bond motifs is 9. The molecule has 2 heteroatoms. The number of thiophene rings is 2. The first-order chi connectivity index (χ1) is 14.5. The van der Waals surface area contributed by atoms with Gasteiger partial charge in [0.25, 0.3) is 0 Å². The fraction of sp³-hybridized carbons (Fsp3) is 0.214.